The minimum absolute atomic E-state index is 0.280. The van der Waals surface area contributed by atoms with Crippen molar-refractivity contribution in [1.82, 2.24) is 0 Å². The van der Waals surface area contributed by atoms with Crippen molar-refractivity contribution < 1.29 is 15.0 Å². The molecule has 3 nitrogen and oxygen atoms in total. The van der Waals surface area contributed by atoms with E-state index < -0.39 is 11.7 Å². The predicted octanol–water partition coefficient (Wildman–Crippen LogP) is 2.26. The predicted molar refractivity (Wildman–Crippen MR) is 55.4 cm³/mol. The molecule has 0 saturated carbocycles. The van der Waals surface area contributed by atoms with Gasteiger partial charge in [0.15, 0.2) is 0 Å². The van der Waals surface area contributed by atoms with Gasteiger partial charge in [-0.2, -0.15) is 0 Å². The van der Waals surface area contributed by atoms with Crippen molar-refractivity contribution >= 4 is 28.3 Å². The number of hydrogen-bond donors (Lipinski definition) is 1. The van der Waals surface area contributed by atoms with Gasteiger partial charge in [-0.1, -0.05) is 41.6 Å². The van der Waals surface area contributed by atoms with Gasteiger partial charge in [0.2, 0.25) is 0 Å². The summed E-state index contributed by atoms with van der Waals surface area (Å²) >= 11 is 5.88. The van der Waals surface area contributed by atoms with Crippen molar-refractivity contribution in [2.75, 3.05) is 0 Å². The van der Waals surface area contributed by atoms with Gasteiger partial charge in [-0.15, -0.1) is 0 Å². The van der Waals surface area contributed by atoms with Crippen molar-refractivity contribution in [2.24, 2.45) is 0 Å². The summed E-state index contributed by atoms with van der Waals surface area (Å²) in [6, 6.07) is 7.86. The number of carboxylic acids is 1. The highest BCUT2D eigenvalue weighted by molar-refractivity contribution is 6.36. The summed E-state index contributed by atoms with van der Waals surface area (Å²) in [5.74, 6) is -1.75. The molecule has 2 aromatic carbocycles. The van der Waals surface area contributed by atoms with Crippen molar-refractivity contribution in [3.8, 4) is 5.75 Å². The average Bonchev–Trinajstić information content (AvgIpc) is 2.23. The fraction of sp³-hybridized carbons (Fsp3) is 0. The molecule has 2 rings (SSSR count). The fourth-order valence-corrected chi connectivity index (χ4v) is 1.74. The largest absolute Gasteiger partial charge is 0.871 e. The average molecular weight is 222 g/mol. The van der Waals surface area contributed by atoms with E-state index in [1.54, 1.807) is 24.3 Å². The first kappa shape index (κ1) is 9.80. The molecule has 2 aromatic rings. The SMILES string of the molecule is O=C(O)c1cc(Cl)c2ccccc2c1[O-]. The minimum atomic E-state index is -1.26. The normalized spacial score (nSPS) is 10.5. The maximum atomic E-state index is 11.7. The molecular weight excluding hydrogens is 216 g/mol. The number of fused-ring (bicyclic) bond motifs is 1. The number of carboxylic acid groups (broad SMARTS) is 1. The summed E-state index contributed by atoms with van der Waals surface area (Å²) in [4.78, 5) is 10.8. The smallest absolute Gasteiger partial charge is 0.335 e. The summed E-state index contributed by atoms with van der Waals surface area (Å²) in [5, 5.41) is 21.7. The summed E-state index contributed by atoms with van der Waals surface area (Å²) in [6.07, 6.45) is 0. The molecule has 0 radical (unpaired) electrons. The minimum Gasteiger partial charge on any atom is -0.871 e. The summed E-state index contributed by atoms with van der Waals surface area (Å²) in [6.45, 7) is 0. The van der Waals surface area contributed by atoms with E-state index in [1.807, 2.05) is 0 Å². The molecule has 4 heteroatoms. The molecule has 0 aromatic heterocycles. The molecule has 0 atom stereocenters. The van der Waals surface area contributed by atoms with E-state index in [4.69, 9.17) is 16.7 Å². The lowest BCUT2D eigenvalue weighted by molar-refractivity contribution is -0.266. The molecular formula is C11H6ClO3-. The van der Waals surface area contributed by atoms with Gasteiger partial charge in [-0.3, -0.25) is 0 Å². The first-order valence-corrected chi connectivity index (χ1v) is 4.60. The molecule has 0 aliphatic heterocycles. The van der Waals surface area contributed by atoms with E-state index in [1.165, 1.54) is 6.07 Å². The first-order chi connectivity index (χ1) is 7.11. The zero-order chi connectivity index (χ0) is 11.0. The second kappa shape index (κ2) is 3.44. The van der Waals surface area contributed by atoms with Crippen LogP contribution in [-0.2, 0) is 0 Å². The van der Waals surface area contributed by atoms with Crippen molar-refractivity contribution in [2.45, 2.75) is 0 Å². The van der Waals surface area contributed by atoms with Gasteiger partial charge in [-0.05, 0) is 16.8 Å². The highest BCUT2D eigenvalue weighted by Gasteiger charge is 2.09. The number of carbonyl (C=O) groups is 1. The Hall–Kier alpha value is -1.74. The highest BCUT2D eigenvalue weighted by Crippen LogP contribution is 2.32. The number of aromatic carboxylic acids is 1. The van der Waals surface area contributed by atoms with Crippen molar-refractivity contribution in [3.63, 3.8) is 0 Å². The number of benzene rings is 2. The number of halogens is 1. The Morgan fingerprint density at radius 1 is 1.27 bits per heavy atom. The van der Waals surface area contributed by atoms with Crippen LogP contribution in [0.4, 0.5) is 0 Å². The second-order valence-corrected chi connectivity index (χ2v) is 3.49. The third-order valence-corrected chi connectivity index (χ3v) is 2.49. The Morgan fingerprint density at radius 2 is 1.87 bits per heavy atom. The highest BCUT2D eigenvalue weighted by atomic mass is 35.5. The molecule has 0 saturated heterocycles. The van der Waals surface area contributed by atoms with Crippen LogP contribution in [0.15, 0.2) is 30.3 Å². The first-order valence-electron chi connectivity index (χ1n) is 4.23. The van der Waals surface area contributed by atoms with E-state index in [2.05, 4.69) is 0 Å². The lowest BCUT2D eigenvalue weighted by Gasteiger charge is -2.15. The van der Waals surface area contributed by atoms with E-state index in [9.17, 15) is 9.90 Å². The van der Waals surface area contributed by atoms with Crippen LogP contribution in [0.1, 0.15) is 10.4 Å². The molecule has 0 unspecified atom stereocenters. The maximum Gasteiger partial charge on any atom is 0.335 e. The van der Waals surface area contributed by atoms with E-state index in [-0.39, 0.29) is 10.6 Å². The third-order valence-electron chi connectivity index (χ3n) is 2.18. The molecule has 0 bridgehead atoms. The lowest BCUT2D eigenvalue weighted by atomic mass is 10.1. The monoisotopic (exact) mass is 221 g/mol. The van der Waals surface area contributed by atoms with Gasteiger partial charge in [0, 0.05) is 5.02 Å². The number of rotatable bonds is 1. The zero-order valence-corrected chi connectivity index (χ0v) is 8.28. The third kappa shape index (κ3) is 1.51. The molecule has 0 aliphatic carbocycles. The molecule has 0 aliphatic rings. The van der Waals surface area contributed by atoms with Crippen LogP contribution in [-0.4, -0.2) is 11.1 Å². The summed E-state index contributed by atoms with van der Waals surface area (Å²) in [7, 11) is 0. The van der Waals surface area contributed by atoms with E-state index >= 15 is 0 Å². The Kier molecular flexibility index (Phi) is 2.25. The Labute approximate surface area is 90.5 Å². The topological polar surface area (TPSA) is 60.4 Å². The van der Waals surface area contributed by atoms with Gasteiger partial charge < -0.3 is 10.2 Å². The molecule has 0 amide bonds. The Morgan fingerprint density at radius 3 is 2.47 bits per heavy atom. The van der Waals surface area contributed by atoms with Gasteiger partial charge in [0.05, 0.1) is 5.56 Å². The standard InChI is InChI=1S/C11H7ClO3/c12-9-5-8(11(14)15)10(13)7-4-2-1-3-6(7)9/h1-5,13H,(H,14,15)/p-1. The quantitative estimate of drug-likeness (QED) is 0.804. The molecule has 1 N–H and O–H groups in total. The van der Waals surface area contributed by atoms with E-state index in [0.717, 1.165) is 0 Å². The van der Waals surface area contributed by atoms with Crippen LogP contribution in [0.25, 0.3) is 10.8 Å². The zero-order valence-electron chi connectivity index (χ0n) is 7.53. The van der Waals surface area contributed by atoms with Gasteiger partial charge >= 0.3 is 5.97 Å². The molecule has 0 fully saturated rings. The second-order valence-electron chi connectivity index (χ2n) is 3.09. The van der Waals surface area contributed by atoms with Crippen LogP contribution in [0, 0.1) is 0 Å². The fourth-order valence-electron chi connectivity index (χ4n) is 1.46. The summed E-state index contributed by atoms with van der Waals surface area (Å²) < 4.78 is 0. The molecule has 0 spiro atoms. The molecule has 76 valence electrons. The van der Waals surface area contributed by atoms with Crippen LogP contribution in [0.3, 0.4) is 0 Å². The van der Waals surface area contributed by atoms with Crippen LogP contribution in [0.5, 0.6) is 5.75 Å². The van der Waals surface area contributed by atoms with Crippen LogP contribution >= 0.6 is 11.6 Å². The molecule has 0 heterocycles. The van der Waals surface area contributed by atoms with E-state index in [0.29, 0.717) is 10.8 Å². The molecule has 15 heavy (non-hydrogen) atoms. The van der Waals surface area contributed by atoms with Crippen LogP contribution in [0.2, 0.25) is 5.02 Å². The van der Waals surface area contributed by atoms with Crippen molar-refractivity contribution in [1.29, 1.82) is 0 Å². The Bertz CT molecular complexity index is 549. The van der Waals surface area contributed by atoms with Gasteiger partial charge in [0.25, 0.3) is 0 Å². The van der Waals surface area contributed by atoms with Gasteiger partial charge in [-0.25, -0.2) is 4.79 Å². The number of hydrogen-bond acceptors (Lipinski definition) is 2. The maximum absolute atomic E-state index is 11.7. The van der Waals surface area contributed by atoms with Gasteiger partial charge in [0.1, 0.15) is 0 Å². The van der Waals surface area contributed by atoms with Crippen molar-refractivity contribution in [3.05, 3.63) is 40.9 Å². The summed E-state index contributed by atoms with van der Waals surface area (Å²) in [5.41, 5.74) is -0.293. The lowest BCUT2D eigenvalue weighted by Crippen LogP contribution is -2.04. The van der Waals surface area contributed by atoms with Crippen LogP contribution < -0.4 is 5.11 Å². The Balaban J connectivity index is 2.90.